The third-order valence-corrected chi connectivity index (χ3v) is 5.79. The van der Waals surface area contributed by atoms with E-state index < -0.39 is 0 Å². The van der Waals surface area contributed by atoms with Crippen LogP contribution in [-0.2, 0) is 17.8 Å². The largest absolute Gasteiger partial charge is 0.356 e. The molecule has 0 aliphatic heterocycles. The summed E-state index contributed by atoms with van der Waals surface area (Å²) in [7, 11) is 0. The van der Waals surface area contributed by atoms with Crippen LogP contribution in [0.25, 0.3) is 17.2 Å². The molecule has 0 aliphatic carbocycles. The van der Waals surface area contributed by atoms with E-state index in [0.717, 1.165) is 29.7 Å². The van der Waals surface area contributed by atoms with Gasteiger partial charge < -0.3 is 9.88 Å². The fourth-order valence-corrected chi connectivity index (χ4v) is 3.89. The summed E-state index contributed by atoms with van der Waals surface area (Å²) >= 11 is 0. The molecule has 170 valence electrons. The van der Waals surface area contributed by atoms with E-state index in [-0.39, 0.29) is 17.9 Å². The maximum absolute atomic E-state index is 13.4. The SMILES string of the molecule is CCCCNC(=O)CCc1c(C)n(Cc2ccccc2)c2nc(-c3ccccc3)nn2c1=O. The highest BCUT2D eigenvalue weighted by atomic mass is 16.1. The van der Waals surface area contributed by atoms with Crippen LogP contribution in [0.5, 0.6) is 0 Å². The third-order valence-electron chi connectivity index (χ3n) is 5.79. The van der Waals surface area contributed by atoms with Crippen LogP contribution in [0.15, 0.2) is 65.5 Å². The van der Waals surface area contributed by atoms with Crippen LogP contribution in [0.4, 0.5) is 0 Å². The average Bonchev–Trinajstić information content (AvgIpc) is 3.29. The van der Waals surface area contributed by atoms with E-state index >= 15 is 0 Å². The fraction of sp³-hybridized carbons (Fsp3) is 0.308. The van der Waals surface area contributed by atoms with Gasteiger partial charge in [0.05, 0.1) is 6.54 Å². The van der Waals surface area contributed by atoms with Crippen molar-refractivity contribution in [2.75, 3.05) is 6.54 Å². The molecule has 2 aromatic heterocycles. The molecule has 0 radical (unpaired) electrons. The second-order valence-electron chi connectivity index (χ2n) is 8.16. The van der Waals surface area contributed by atoms with Gasteiger partial charge in [0, 0.05) is 29.8 Å². The predicted molar refractivity (Wildman–Crippen MR) is 129 cm³/mol. The van der Waals surface area contributed by atoms with E-state index in [9.17, 15) is 9.59 Å². The van der Waals surface area contributed by atoms with Crippen LogP contribution < -0.4 is 10.9 Å². The van der Waals surface area contributed by atoms with Gasteiger partial charge in [-0.15, -0.1) is 5.10 Å². The number of nitrogens with zero attached hydrogens (tertiary/aromatic N) is 4. The Balaban J connectivity index is 1.76. The van der Waals surface area contributed by atoms with Crippen molar-refractivity contribution in [3.63, 3.8) is 0 Å². The minimum Gasteiger partial charge on any atom is -0.356 e. The first-order valence-corrected chi connectivity index (χ1v) is 11.4. The Kier molecular flexibility index (Phi) is 6.98. The van der Waals surface area contributed by atoms with Crippen molar-refractivity contribution in [2.24, 2.45) is 0 Å². The monoisotopic (exact) mass is 443 g/mol. The zero-order chi connectivity index (χ0) is 23.2. The number of hydrogen-bond donors (Lipinski definition) is 1. The molecule has 2 aromatic carbocycles. The van der Waals surface area contributed by atoms with Crippen molar-refractivity contribution < 1.29 is 4.79 Å². The van der Waals surface area contributed by atoms with Gasteiger partial charge in [-0.05, 0) is 25.3 Å². The first-order chi connectivity index (χ1) is 16.1. The highest BCUT2D eigenvalue weighted by Crippen LogP contribution is 2.18. The van der Waals surface area contributed by atoms with E-state index in [1.165, 1.54) is 4.52 Å². The standard InChI is InChI=1S/C26H29N5O2/c1-3-4-17-27-23(32)16-15-22-19(2)30(18-20-11-7-5-8-12-20)26-28-24(29-31(26)25(22)33)21-13-9-6-10-14-21/h5-14H,3-4,15-18H2,1-2H3,(H,27,32). The summed E-state index contributed by atoms with van der Waals surface area (Å²) in [5.74, 6) is 0.959. The van der Waals surface area contributed by atoms with E-state index in [4.69, 9.17) is 4.98 Å². The zero-order valence-electron chi connectivity index (χ0n) is 19.1. The molecule has 0 aliphatic rings. The van der Waals surface area contributed by atoms with Crippen LogP contribution in [0.3, 0.4) is 0 Å². The molecule has 7 nitrogen and oxygen atoms in total. The number of unbranched alkanes of at least 4 members (excludes halogenated alkanes) is 1. The first-order valence-electron chi connectivity index (χ1n) is 11.4. The number of hydrogen-bond acceptors (Lipinski definition) is 4. The number of aromatic nitrogens is 4. The van der Waals surface area contributed by atoms with Crippen molar-refractivity contribution >= 4 is 11.7 Å². The molecule has 0 unspecified atom stereocenters. The lowest BCUT2D eigenvalue weighted by atomic mass is 10.1. The Morgan fingerprint density at radius 2 is 1.73 bits per heavy atom. The number of nitrogens with one attached hydrogen (secondary N) is 1. The van der Waals surface area contributed by atoms with Gasteiger partial charge in [-0.25, -0.2) is 0 Å². The Hall–Kier alpha value is -3.74. The Labute approximate surface area is 193 Å². The molecule has 33 heavy (non-hydrogen) atoms. The molecule has 0 saturated heterocycles. The lowest BCUT2D eigenvalue weighted by Gasteiger charge is -2.15. The second-order valence-corrected chi connectivity index (χ2v) is 8.16. The topological polar surface area (TPSA) is 81.3 Å². The Morgan fingerprint density at radius 1 is 1.03 bits per heavy atom. The van der Waals surface area contributed by atoms with E-state index in [2.05, 4.69) is 17.3 Å². The molecule has 0 fully saturated rings. The maximum atomic E-state index is 13.4. The molecule has 0 bridgehead atoms. The lowest BCUT2D eigenvalue weighted by molar-refractivity contribution is -0.121. The molecule has 7 heteroatoms. The number of rotatable bonds is 9. The minimum atomic E-state index is -0.220. The maximum Gasteiger partial charge on any atom is 0.279 e. The molecule has 0 atom stereocenters. The summed E-state index contributed by atoms with van der Waals surface area (Å²) in [5.41, 5.74) is 3.13. The Bertz CT molecular complexity index is 1290. The summed E-state index contributed by atoms with van der Waals surface area (Å²) in [6.07, 6.45) is 2.59. The van der Waals surface area contributed by atoms with Crippen LogP contribution in [0.2, 0.25) is 0 Å². The highest BCUT2D eigenvalue weighted by molar-refractivity contribution is 5.76. The van der Waals surface area contributed by atoms with Gasteiger partial charge in [0.1, 0.15) is 0 Å². The molecule has 0 saturated carbocycles. The van der Waals surface area contributed by atoms with Crippen molar-refractivity contribution in [1.82, 2.24) is 24.5 Å². The van der Waals surface area contributed by atoms with Gasteiger partial charge in [-0.3, -0.25) is 9.59 Å². The minimum absolute atomic E-state index is 0.0412. The normalized spacial score (nSPS) is 11.1. The summed E-state index contributed by atoms with van der Waals surface area (Å²) in [4.78, 5) is 30.4. The van der Waals surface area contributed by atoms with Gasteiger partial charge in [-0.1, -0.05) is 74.0 Å². The molecule has 4 aromatic rings. The van der Waals surface area contributed by atoms with E-state index in [0.29, 0.717) is 36.7 Å². The molecule has 1 amide bonds. The number of fused-ring (bicyclic) bond motifs is 1. The summed E-state index contributed by atoms with van der Waals surface area (Å²) in [6.45, 7) is 5.22. The molecular weight excluding hydrogens is 414 g/mol. The molecular formula is C26H29N5O2. The number of carbonyl (C=O) groups is 1. The predicted octanol–water partition coefficient (Wildman–Crippen LogP) is 3.76. The average molecular weight is 444 g/mol. The van der Waals surface area contributed by atoms with Gasteiger partial charge in [0.15, 0.2) is 5.82 Å². The van der Waals surface area contributed by atoms with Gasteiger partial charge >= 0.3 is 0 Å². The van der Waals surface area contributed by atoms with Crippen LogP contribution in [0, 0.1) is 6.92 Å². The van der Waals surface area contributed by atoms with Crippen LogP contribution in [-0.4, -0.2) is 31.6 Å². The van der Waals surface area contributed by atoms with Gasteiger partial charge in [0.25, 0.3) is 5.56 Å². The number of amides is 1. The highest BCUT2D eigenvalue weighted by Gasteiger charge is 2.19. The van der Waals surface area contributed by atoms with Gasteiger partial charge in [0.2, 0.25) is 11.7 Å². The Morgan fingerprint density at radius 3 is 2.42 bits per heavy atom. The fourth-order valence-electron chi connectivity index (χ4n) is 3.89. The first kappa shape index (κ1) is 22.5. The van der Waals surface area contributed by atoms with Crippen LogP contribution >= 0.6 is 0 Å². The quantitative estimate of drug-likeness (QED) is 0.399. The lowest BCUT2D eigenvalue weighted by Crippen LogP contribution is -2.29. The van der Waals surface area contributed by atoms with Crippen molar-refractivity contribution in [1.29, 1.82) is 0 Å². The van der Waals surface area contributed by atoms with E-state index in [1.807, 2.05) is 72.2 Å². The van der Waals surface area contributed by atoms with Crippen molar-refractivity contribution in [3.8, 4) is 11.4 Å². The summed E-state index contributed by atoms with van der Waals surface area (Å²) < 4.78 is 3.39. The molecule has 0 spiro atoms. The second kappa shape index (κ2) is 10.3. The number of carbonyl (C=O) groups excluding carboxylic acids is 1. The summed E-state index contributed by atoms with van der Waals surface area (Å²) in [6, 6.07) is 19.7. The number of benzene rings is 2. The molecule has 1 N–H and O–H groups in total. The van der Waals surface area contributed by atoms with Crippen LogP contribution in [0.1, 0.15) is 43.0 Å². The van der Waals surface area contributed by atoms with Gasteiger partial charge in [-0.2, -0.15) is 9.50 Å². The van der Waals surface area contributed by atoms with Crippen molar-refractivity contribution in [3.05, 3.63) is 87.8 Å². The van der Waals surface area contributed by atoms with E-state index in [1.54, 1.807) is 0 Å². The summed E-state index contributed by atoms with van der Waals surface area (Å²) in [5, 5.41) is 7.47. The smallest absolute Gasteiger partial charge is 0.279 e. The molecule has 2 heterocycles. The molecule has 4 rings (SSSR count). The van der Waals surface area contributed by atoms with Crippen molar-refractivity contribution in [2.45, 2.75) is 46.1 Å². The zero-order valence-corrected chi connectivity index (χ0v) is 19.1. The third kappa shape index (κ3) is 5.03.